The number of oxazole rings is 1. The lowest BCUT2D eigenvalue weighted by Crippen LogP contribution is -2.39. The first-order valence-electron chi connectivity index (χ1n) is 6.32. The maximum Gasteiger partial charge on any atom is 0.180 e. The van der Waals surface area contributed by atoms with Crippen LogP contribution in [0.4, 0.5) is 0 Å². The lowest BCUT2D eigenvalue weighted by Gasteiger charge is -2.26. The highest BCUT2D eigenvalue weighted by atomic mass is 16.3. The monoisotopic (exact) mass is 244 g/mol. The van der Waals surface area contributed by atoms with Crippen molar-refractivity contribution in [2.24, 2.45) is 0 Å². The second kappa shape index (κ2) is 5.83. The van der Waals surface area contributed by atoms with Gasteiger partial charge in [0.2, 0.25) is 0 Å². The lowest BCUT2D eigenvalue weighted by molar-refractivity contribution is 0.340. The van der Waals surface area contributed by atoms with Gasteiger partial charge in [-0.2, -0.15) is 0 Å². The van der Waals surface area contributed by atoms with E-state index in [4.69, 9.17) is 4.42 Å². The van der Waals surface area contributed by atoms with Crippen molar-refractivity contribution in [3.05, 3.63) is 54.2 Å². The van der Waals surface area contributed by atoms with E-state index >= 15 is 0 Å². The Labute approximate surface area is 108 Å². The van der Waals surface area contributed by atoms with Crippen LogP contribution < -0.4 is 5.32 Å². The summed E-state index contributed by atoms with van der Waals surface area (Å²) in [6, 6.07) is 10.6. The molecule has 1 aromatic carbocycles. The fourth-order valence-electron chi connectivity index (χ4n) is 1.85. The van der Waals surface area contributed by atoms with Crippen LogP contribution in [-0.2, 0) is 13.0 Å². The van der Waals surface area contributed by atoms with Gasteiger partial charge in [-0.05, 0) is 32.3 Å². The van der Waals surface area contributed by atoms with Gasteiger partial charge in [-0.15, -0.1) is 0 Å². The molecule has 3 nitrogen and oxygen atoms in total. The van der Waals surface area contributed by atoms with Crippen LogP contribution in [0.2, 0.25) is 0 Å². The number of nitrogens with zero attached hydrogens (tertiary/aromatic N) is 1. The molecular weight excluding hydrogens is 224 g/mol. The molecule has 96 valence electrons. The number of benzene rings is 1. The van der Waals surface area contributed by atoms with Crippen molar-refractivity contribution in [2.45, 2.75) is 38.8 Å². The summed E-state index contributed by atoms with van der Waals surface area (Å²) < 4.78 is 5.22. The Balaban J connectivity index is 1.80. The third kappa shape index (κ3) is 4.00. The molecule has 0 bridgehead atoms. The molecule has 0 saturated carbocycles. The summed E-state index contributed by atoms with van der Waals surface area (Å²) in [6.45, 7) is 5.15. The molecule has 0 atom stereocenters. The minimum Gasteiger partial charge on any atom is -0.447 e. The van der Waals surface area contributed by atoms with Gasteiger partial charge in [0.1, 0.15) is 5.76 Å². The van der Waals surface area contributed by atoms with Crippen LogP contribution >= 0.6 is 0 Å². The molecule has 1 aromatic heterocycles. The number of nitrogens with one attached hydrogen (secondary N) is 1. The molecule has 2 aromatic rings. The van der Waals surface area contributed by atoms with Gasteiger partial charge >= 0.3 is 0 Å². The second-order valence-corrected chi connectivity index (χ2v) is 5.19. The van der Waals surface area contributed by atoms with E-state index in [0.717, 1.165) is 25.1 Å². The van der Waals surface area contributed by atoms with Gasteiger partial charge in [-0.3, -0.25) is 0 Å². The second-order valence-electron chi connectivity index (χ2n) is 5.19. The first-order chi connectivity index (χ1) is 8.66. The smallest absolute Gasteiger partial charge is 0.180 e. The highest BCUT2D eigenvalue weighted by Gasteiger charge is 2.17. The standard InChI is InChI=1S/C15H20N2O/c1-15(2,17-11-14-10-16-12-18-14)9-8-13-6-4-3-5-7-13/h3-7,10,12,17H,8-9,11H2,1-2H3. The van der Waals surface area contributed by atoms with Crippen molar-refractivity contribution in [3.8, 4) is 0 Å². The van der Waals surface area contributed by atoms with E-state index in [-0.39, 0.29) is 5.54 Å². The summed E-state index contributed by atoms with van der Waals surface area (Å²) in [5.41, 5.74) is 1.47. The Morgan fingerprint density at radius 2 is 2.00 bits per heavy atom. The zero-order valence-electron chi connectivity index (χ0n) is 11.0. The normalized spacial score (nSPS) is 11.7. The summed E-state index contributed by atoms with van der Waals surface area (Å²) >= 11 is 0. The summed E-state index contributed by atoms with van der Waals surface area (Å²) in [5, 5.41) is 3.50. The Hall–Kier alpha value is -1.61. The van der Waals surface area contributed by atoms with Crippen LogP contribution in [0.5, 0.6) is 0 Å². The zero-order valence-corrected chi connectivity index (χ0v) is 11.0. The topological polar surface area (TPSA) is 38.1 Å². The number of aromatic nitrogens is 1. The predicted octanol–water partition coefficient (Wildman–Crippen LogP) is 3.18. The Morgan fingerprint density at radius 3 is 2.67 bits per heavy atom. The molecule has 0 amide bonds. The quantitative estimate of drug-likeness (QED) is 0.848. The van der Waals surface area contributed by atoms with Gasteiger partial charge < -0.3 is 9.73 Å². The van der Waals surface area contributed by atoms with E-state index in [1.165, 1.54) is 12.0 Å². The van der Waals surface area contributed by atoms with Gasteiger partial charge in [0, 0.05) is 5.54 Å². The number of hydrogen-bond donors (Lipinski definition) is 1. The molecule has 0 saturated heterocycles. The molecule has 0 radical (unpaired) electrons. The zero-order chi connectivity index (χ0) is 12.8. The Kier molecular flexibility index (Phi) is 4.15. The SMILES string of the molecule is CC(C)(CCc1ccccc1)NCc1cnco1. The van der Waals surface area contributed by atoms with E-state index in [2.05, 4.69) is 54.5 Å². The van der Waals surface area contributed by atoms with E-state index in [1.54, 1.807) is 6.20 Å². The van der Waals surface area contributed by atoms with Crippen LogP contribution in [0.3, 0.4) is 0 Å². The van der Waals surface area contributed by atoms with Crippen LogP contribution in [0.15, 0.2) is 47.3 Å². The number of hydrogen-bond acceptors (Lipinski definition) is 3. The summed E-state index contributed by atoms with van der Waals surface area (Å²) in [4.78, 5) is 3.91. The van der Waals surface area contributed by atoms with E-state index in [1.807, 2.05) is 0 Å². The third-order valence-corrected chi connectivity index (χ3v) is 3.11. The molecule has 2 rings (SSSR count). The third-order valence-electron chi connectivity index (χ3n) is 3.11. The molecule has 0 spiro atoms. The van der Waals surface area contributed by atoms with Gasteiger partial charge in [-0.25, -0.2) is 4.98 Å². The molecule has 1 heterocycles. The Bertz CT molecular complexity index is 449. The van der Waals surface area contributed by atoms with Crippen LogP contribution in [-0.4, -0.2) is 10.5 Å². The van der Waals surface area contributed by atoms with Crippen molar-refractivity contribution in [1.82, 2.24) is 10.3 Å². The fraction of sp³-hybridized carbons (Fsp3) is 0.400. The molecule has 3 heteroatoms. The number of rotatable bonds is 6. The highest BCUT2D eigenvalue weighted by Crippen LogP contribution is 2.14. The van der Waals surface area contributed by atoms with Gasteiger partial charge in [-0.1, -0.05) is 30.3 Å². The first kappa shape index (κ1) is 12.8. The maximum atomic E-state index is 5.22. The van der Waals surface area contributed by atoms with Crippen LogP contribution in [0, 0.1) is 0 Å². The van der Waals surface area contributed by atoms with Crippen molar-refractivity contribution < 1.29 is 4.42 Å². The molecule has 0 aliphatic heterocycles. The minimum absolute atomic E-state index is 0.0859. The summed E-state index contributed by atoms with van der Waals surface area (Å²) in [7, 11) is 0. The minimum atomic E-state index is 0.0859. The maximum absolute atomic E-state index is 5.22. The largest absolute Gasteiger partial charge is 0.447 e. The molecule has 0 aliphatic carbocycles. The molecule has 0 fully saturated rings. The molecule has 18 heavy (non-hydrogen) atoms. The van der Waals surface area contributed by atoms with Crippen LogP contribution in [0.1, 0.15) is 31.6 Å². The number of aryl methyl sites for hydroxylation is 1. The first-order valence-corrected chi connectivity index (χ1v) is 6.32. The van der Waals surface area contributed by atoms with Crippen molar-refractivity contribution in [1.29, 1.82) is 0 Å². The molecule has 0 aliphatic rings. The highest BCUT2D eigenvalue weighted by molar-refractivity contribution is 5.15. The van der Waals surface area contributed by atoms with E-state index < -0.39 is 0 Å². The summed E-state index contributed by atoms with van der Waals surface area (Å²) in [6.07, 6.45) is 5.39. The molecular formula is C15H20N2O. The van der Waals surface area contributed by atoms with Gasteiger partial charge in [0.25, 0.3) is 0 Å². The Morgan fingerprint density at radius 1 is 1.22 bits per heavy atom. The average molecular weight is 244 g/mol. The van der Waals surface area contributed by atoms with Crippen molar-refractivity contribution >= 4 is 0 Å². The summed E-state index contributed by atoms with van der Waals surface area (Å²) in [5.74, 6) is 0.878. The van der Waals surface area contributed by atoms with Crippen molar-refractivity contribution in [3.63, 3.8) is 0 Å². The van der Waals surface area contributed by atoms with E-state index in [0.29, 0.717) is 0 Å². The van der Waals surface area contributed by atoms with Gasteiger partial charge in [0.05, 0.1) is 12.7 Å². The fourth-order valence-corrected chi connectivity index (χ4v) is 1.85. The van der Waals surface area contributed by atoms with Crippen molar-refractivity contribution in [2.75, 3.05) is 0 Å². The molecule has 1 N–H and O–H groups in total. The van der Waals surface area contributed by atoms with Crippen LogP contribution in [0.25, 0.3) is 0 Å². The molecule has 0 unspecified atom stereocenters. The lowest BCUT2D eigenvalue weighted by atomic mass is 9.95. The van der Waals surface area contributed by atoms with E-state index in [9.17, 15) is 0 Å². The van der Waals surface area contributed by atoms with Gasteiger partial charge in [0.15, 0.2) is 6.39 Å². The predicted molar refractivity (Wildman–Crippen MR) is 72.2 cm³/mol. The average Bonchev–Trinajstić information content (AvgIpc) is 2.89.